The van der Waals surface area contributed by atoms with Crippen molar-refractivity contribution in [2.24, 2.45) is 0 Å². The molecule has 0 bridgehead atoms. The van der Waals surface area contributed by atoms with Gasteiger partial charge in [-0.05, 0) is 20.8 Å². The SMILES string of the molecule is CC(C)(C)OC(=O)c1nc2c([nH]1)CNC(C(=O)O)C2. The average molecular weight is 267 g/mol. The van der Waals surface area contributed by atoms with E-state index in [1.165, 1.54) is 0 Å². The van der Waals surface area contributed by atoms with Gasteiger partial charge in [-0.1, -0.05) is 0 Å². The predicted octanol–water partition coefficient (Wildman–Crippen LogP) is 0.464. The number of ether oxygens (including phenoxy) is 1. The first-order chi connectivity index (χ1) is 8.76. The Morgan fingerprint density at radius 2 is 2.11 bits per heavy atom. The molecule has 2 rings (SSSR count). The number of aromatic nitrogens is 2. The van der Waals surface area contributed by atoms with Gasteiger partial charge in [0.2, 0.25) is 5.82 Å². The Bertz CT molecular complexity index is 516. The summed E-state index contributed by atoms with van der Waals surface area (Å²) < 4.78 is 5.21. The molecule has 2 heterocycles. The number of aromatic amines is 1. The maximum Gasteiger partial charge on any atom is 0.374 e. The van der Waals surface area contributed by atoms with E-state index in [2.05, 4.69) is 15.3 Å². The number of carboxylic acid groups (broad SMARTS) is 1. The zero-order valence-corrected chi connectivity index (χ0v) is 11.1. The molecule has 3 N–H and O–H groups in total. The third kappa shape index (κ3) is 3.11. The first-order valence-electron chi connectivity index (χ1n) is 6.03. The van der Waals surface area contributed by atoms with Crippen LogP contribution in [0.3, 0.4) is 0 Å². The highest BCUT2D eigenvalue weighted by molar-refractivity contribution is 5.86. The maximum atomic E-state index is 11.8. The topological polar surface area (TPSA) is 104 Å². The van der Waals surface area contributed by atoms with Gasteiger partial charge >= 0.3 is 11.9 Å². The number of imidazole rings is 1. The summed E-state index contributed by atoms with van der Waals surface area (Å²) in [6, 6.07) is -0.665. The number of nitrogens with zero attached hydrogens (tertiary/aromatic N) is 1. The molecule has 0 spiro atoms. The van der Waals surface area contributed by atoms with Crippen molar-refractivity contribution in [2.75, 3.05) is 0 Å². The minimum atomic E-state index is -0.924. The number of hydrogen-bond acceptors (Lipinski definition) is 5. The van der Waals surface area contributed by atoms with Gasteiger partial charge in [0.15, 0.2) is 0 Å². The zero-order valence-electron chi connectivity index (χ0n) is 11.1. The lowest BCUT2D eigenvalue weighted by Gasteiger charge is -2.18. The van der Waals surface area contributed by atoms with Gasteiger partial charge in [-0.2, -0.15) is 0 Å². The fourth-order valence-electron chi connectivity index (χ4n) is 1.85. The molecule has 1 aromatic heterocycles. The fourth-order valence-corrected chi connectivity index (χ4v) is 1.85. The molecule has 1 atom stereocenters. The van der Waals surface area contributed by atoms with E-state index in [9.17, 15) is 9.59 Å². The standard InChI is InChI=1S/C12H17N3O4/c1-12(2,3)19-11(18)9-14-6-4-7(10(16)17)13-5-8(6)15-9/h7,13H,4-5H2,1-3H3,(H,14,15)(H,16,17). The van der Waals surface area contributed by atoms with E-state index in [-0.39, 0.29) is 12.2 Å². The third-order valence-corrected chi connectivity index (χ3v) is 2.68. The van der Waals surface area contributed by atoms with Crippen LogP contribution in [0.1, 0.15) is 42.8 Å². The number of rotatable bonds is 2. The van der Waals surface area contributed by atoms with Crippen LogP contribution in [-0.4, -0.2) is 38.7 Å². The van der Waals surface area contributed by atoms with E-state index in [0.717, 1.165) is 5.69 Å². The van der Waals surface area contributed by atoms with E-state index in [1.807, 2.05) is 0 Å². The van der Waals surface area contributed by atoms with Gasteiger partial charge in [0, 0.05) is 13.0 Å². The van der Waals surface area contributed by atoms with Crippen LogP contribution in [0.2, 0.25) is 0 Å². The third-order valence-electron chi connectivity index (χ3n) is 2.68. The summed E-state index contributed by atoms with van der Waals surface area (Å²) in [6.07, 6.45) is 0.254. The van der Waals surface area contributed by atoms with Gasteiger partial charge in [-0.25, -0.2) is 9.78 Å². The van der Waals surface area contributed by atoms with Gasteiger partial charge < -0.3 is 14.8 Å². The number of hydrogen-bond donors (Lipinski definition) is 3. The van der Waals surface area contributed by atoms with Crippen molar-refractivity contribution in [3.63, 3.8) is 0 Å². The molecule has 19 heavy (non-hydrogen) atoms. The van der Waals surface area contributed by atoms with Gasteiger partial charge in [-0.3, -0.25) is 10.1 Å². The number of carbonyl (C=O) groups is 2. The Labute approximate surface area is 110 Å². The van der Waals surface area contributed by atoms with Crippen LogP contribution in [0.5, 0.6) is 0 Å². The number of aliphatic carboxylic acids is 1. The van der Waals surface area contributed by atoms with E-state index in [0.29, 0.717) is 12.2 Å². The lowest BCUT2D eigenvalue weighted by atomic mass is 10.1. The Morgan fingerprint density at radius 3 is 2.68 bits per heavy atom. The Morgan fingerprint density at radius 1 is 1.42 bits per heavy atom. The first kappa shape index (κ1) is 13.5. The fraction of sp³-hybridized carbons (Fsp3) is 0.583. The molecule has 104 valence electrons. The Hall–Kier alpha value is -1.89. The summed E-state index contributed by atoms with van der Waals surface area (Å²) in [4.78, 5) is 29.7. The molecule has 0 radical (unpaired) electrons. The molecule has 7 heteroatoms. The normalized spacial score (nSPS) is 18.8. The van der Waals surface area contributed by atoms with Crippen LogP contribution in [0.15, 0.2) is 0 Å². The number of nitrogens with one attached hydrogen (secondary N) is 2. The van der Waals surface area contributed by atoms with Crippen LogP contribution in [-0.2, 0) is 22.5 Å². The van der Waals surface area contributed by atoms with Gasteiger partial charge in [0.05, 0.1) is 11.4 Å². The second-order valence-electron chi connectivity index (χ2n) is 5.49. The van der Waals surface area contributed by atoms with Crippen LogP contribution >= 0.6 is 0 Å². The quantitative estimate of drug-likeness (QED) is 0.673. The Balaban J connectivity index is 2.15. The van der Waals surface area contributed by atoms with Gasteiger partial charge in [0.25, 0.3) is 0 Å². The highest BCUT2D eigenvalue weighted by atomic mass is 16.6. The summed E-state index contributed by atoms with van der Waals surface area (Å²) in [5.41, 5.74) is 0.747. The van der Waals surface area contributed by atoms with Crippen molar-refractivity contribution in [2.45, 2.75) is 45.4 Å². The van der Waals surface area contributed by atoms with Crippen molar-refractivity contribution in [1.82, 2.24) is 15.3 Å². The number of H-pyrrole nitrogens is 1. The zero-order chi connectivity index (χ0) is 14.2. The molecule has 0 aliphatic carbocycles. The molecule has 1 aliphatic heterocycles. The smallest absolute Gasteiger partial charge is 0.374 e. The van der Waals surface area contributed by atoms with E-state index in [1.54, 1.807) is 20.8 Å². The molecule has 0 fully saturated rings. The summed E-state index contributed by atoms with van der Waals surface area (Å²) in [7, 11) is 0. The van der Waals surface area contributed by atoms with Crippen molar-refractivity contribution in [3.05, 3.63) is 17.2 Å². The summed E-state index contributed by atoms with van der Waals surface area (Å²) >= 11 is 0. The molecule has 0 saturated carbocycles. The second kappa shape index (κ2) is 4.65. The van der Waals surface area contributed by atoms with E-state index < -0.39 is 23.6 Å². The molecule has 1 unspecified atom stereocenters. The molecule has 1 aliphatic rings. The molecular formula is C12H17N3O4. The minimum absolute atomic E-state index is 0.118. The highest BCUT2D eigenvalue weighted by Gasteiger charge is 2.28. The molecule has 1 aromatic rings. The summed E-state index contributed by atoms with van der Waals surface area (Å²) in [5.74, 6) is -1.34. The molecule has 0 saturated heterocycles. The highest BCUT2D eigenvalue weighted by Crippen LogP contribution is 2.17. The van der Waals surface area contributed by atoms with Gasteiger partial charge in [-0.15, -0.1) is 0 Å². The number of carbonyl (C=O) groups excluding carboxylic acids is 1. The minimum Gasteiger partial charge on any atom is -0.480 e. The van der Waals surface area contributed by atoms with Crippen molar-refractivity contribution < 1.29 is 19.4 Å². The molecule has 7 nitrogen and oxygen atoms in total. The number of esters is 1. The van der Waals surface area contributed by atoms with Crippen molar-refractivity contribution >= 4 is 11.9 Å². The van der Waals surface area contributed by atoms with Crippen LogP contribution in [0.25, 0.3) is 0 Å². The van der Waals surface area contributed by atoms with E-state index >= 15 is 0 Å². The lowest BCUT2D eigenvalue weighted by molar-refractivity contribution is -0.139. The van der Waals surface area contributed by atoms with Crippen LogP contribution < -0.4 is 5.32 Å². The number of carboxylic acids is 1. The second-order valence-corrected chi connectivity index (χ2v) is 5.49. The summed E-state index contributed by atoms with van der Waals surface area (Å²) in [6.45, 7) is 5.67. The first-order valence-corrected chi connectivity index (χ1v) is 6.03. The van der Waals surface area contributed by atoms with Crippen LogP contribution in [0, 0.1) is 0 Å². The molecular weight excluding hydrogens is 250 g/mol. The molecule has 0 aromatic carbocycles. The lowest BCUT2D eigenvalue weighted by Crippen LogP contribution is -2.41. The van der Waals surface area contributed by atoms with Crippen molar-refractivity contribution in [1.29, 1.82) is 0 Å². The van der Waals surface area contributed by atoms with Crippen molar-refractivity contribution in [3.8, 4) is 0 Å². The van der Waals surface area contributed by atoms with E-state index in [4.69, 9.17) is 9.84 Å². The maximum absolute atomic E-state index is 11.8. The summed E-state index contributed by atoms with van der Waals surface area (Å²) in [5, 5.41) is 11.8. The number of fused-ring (bicyclic) bond motifs is 1. The monoisotopic (exact) mass is 267 g/mol. The largest absolute Gasteiger partial charge is 0.480 e. The van der Waals surface area contributed by atoms with Crippen LogP contribution in [0.4, 0.5) is 0 Å². The predicted molar refractivity (Wildman–Crippen MR) is 65.7 cm³/mol. The van der Waals surface area contributed by atoms with Gasteiger partial charge in [0.1, 0.15) is 11.6 Å². The Kier molecular flexibility index (Phi) is 3.32. The average Bonchev–Trinajstić information content (AvgIpc) is 2.68. The molecule has 0 amide bonds.